The minimum absolute atomic E-state index is 0.0540. The Morgan fingerprint density at radius 2 is 2.47 bits per heavy atom. The van der Waals surface area contributed by atoms with Crippen molar-refractivity contribution in [2.45, 2.75) is 32.4 Å². The molecule has 2 heterocycles. The molecule has 0 saturated carbocycles. The van der Waals surface area contributed by atoms with Crippen LogP contribution in [0.25, 0.3) is 0 Å². The number of nitrogens with zero attached hydrogens (tertiary/aromatic N) is 1. The standard InChI is InChI=1S/C13H20BrN3OS/c1-3-15-13(18)17-5-4-11(7-17)16-9(2)12-6-10(14)8-19-12/h6,8-9,11,16H,3-5,7H2,1-2H3,(H,15,18). The van der Waals surface area contributed by atoms with Crippen LogP contribution in [0.4, 0.5) is 4.79 Å². The van der Waals surface area contributed by atoms with Gasteiger partial charge < -0.3 is 15.5 Å². The van der Waals surface area contributed by atoms with Crippen molar-refractivity contribution in [3.8, 4) is 0 Å². The van der Waals surface area contributed by atoms with Crippen molar-refractivity contribution in [3.63, 3.8) is 0 Å². The Balaban J connectivity index is 1.83. The normalized spacial score (nSPS) is 20.6. The third kappa shape index (κ3) is 3.94. The second-order valence-corrected chi connectivity index (χ2v) is 6.68. The van der Waals surface area contributed by atoms with Crippen molar-refractivity contribution >= 4 is 33.3 Å². The number of urea groups is 1. The van der Waals surface area contributed by atoms with Crippen molar-refractivity contribution in [2.75, 3.05) is 19.6 Å². The topological polar surface area (TPSA) is 44.4 Å². The molecule has 1 saturated heterocycles. The van der Waals surface area contributed by atoms with Crippen LogP contribution >= 0.6 is 27.3 Å². The van der Waals surface area contributed by atoms with E-state index in [-0.39, 0.29) is 6.03 Å². The summed E-state index contributed by atoms with van der Waals surface area (Å²) >= 11 is 5.23. The Labute approximate surface area is 126 Å². The smallest absolute Gasteiger partial charge is 0.317 e. The molecule has 2 rings (SSSR count). The minimum Gasteiger partial charge on any atom is -0.338 e. The van der Waals surface area contributed by atoms with Gasteiger partial charge in [0, 0.05) is 46.4 Å². The maximum absolute atomic E-state index is 11.7. The first-order valence-electron chi connectivity index (χ1n) is 6.63. The van der Waals surface area contributed by atoms with Crippen LogP contribution in [0.3, 0.4) is 0 Å². The first-order chi connectivity index (χ1) is 9.10. The molecule has 2 amide bonds. The fourth-order valence-corrected chi connectivity index (χ4v) is 3.80. The maximum Gasteiger partial charge on any atom is 0.317 e. The Hall–Kier alpha value is -0.590. The Kier molecular flexibility index (Phi) is 5.24. The first kappa shape index (κ1) is 14.8. The van der Waals surface area contributed by atoms with Crippen LogP contribution in [0.1, 0.15) is 31.2 Å². The van der Waals surface area contributed by atoms with Gasteiger partial charge in [0.2, 0.25) is 0 Å². The lowest BCUT2D eigenvalue weighted by Crippen LogP contribution is -2.41. The van der Waals surface area contributed by atoms with Gasteiger partial charge in [-0.25, -0.2) is 4.79 Å². The second kappa shape index (κ2) is 6.72. The van der Waals surface area contributed by atoms with Gasteiger partial charge >= 0.3 is 6.03 Å². The number of amides is 2. The summed E-state index contributed by atoms with van der Waals surface area (Å²) in [4.78, 5) is 14.9. The molecule has 0 radical (unpaired) electrons. The molecule has 19 heavy (non-hydrogen) atoms. The van der Waals surface area contributed by atoms with Crippen LogP contribution in [0.15, 0.2) is 15.9 Å². The highest BCUT2D eigenvalue weighted by Crippen LogP contribution is 2.26. The van der Waals surface area contributed by atoms with Gasteiger partial charge in [-0.1, -0.05) is 0 Å². The zero-order chi connectivity index (χ0) is 13.8. The van der Waals surface area contributed by atoms with Crippen LogP contribution < -0.4 is 10.6 Å². The summed E-state index contributed by atoms with van der Waals surface area (Å²) < 4.78 is 1.14. The van der Waals surface area contributed by atoms with E-state index < -0.39 is 0 Å². The predicted octanol–water partition coefficient (Wildman–Crippen LogP) is 2.97. The second-order valence-electron chi connectivity index (χ2n) is 4.82. The van der Waals surface area contributed by atoms with E-state index in [0.717, 1.165) is 24.0 Å². The Bertz CT molecular complexity index is 437. The number of rotatable bonds is 4. The number of hydrogen-bond donors (Lipinski definition) is 2. The molecule has 4 nitrogen and oxygen atoms in total. The number of halogens is 1. The zero-order valence-electron chi connectivity index (χ0n) is 11.3. The van der Waals surface area contributed by atoms with Gasteiger partial charge in [0.1, 0.15) is 0 Å². The molecule has 1 fully saturated rings. The summed E-state index contributed by atoms with van der Waals surface area (Å²) in [6.07, 6.45) is 1.02. The molecule has 0 spiro atoms. The van der Waals surface area contributed by atoms with E-state index in [1.807, 2.05) is 11.8 Å². The lowest BCUT2D eigenvalue weighted by Gasteiger charge is -2.20. The summed E-state index contributed by atoms with van der Waals surface area (Å²) in [5.41, 5.74) is 0. The molecule has 2 N–H and O–H groups in total. The minimum atomic E-state index is 0.0540. The molecule has 2 atom stereocenters. The van der Waals surface area contributed by atoms with E-state index in [2.05, 4.69) is 44.9 Å². The van der Waals surface area contributed by atoms with E-state index in [4.69, 9.17) is 0 Å². The average Bonchev–Trinajstić information content (AvgIpc) is 2.98. The molecule has 0 bridgehead atoms. The van der Waals surface area contributed by atoms with Crippen molar-refractivity contribution in [3.05, 3.63) is 20.8 Å². The van der Waals surface area contributed by atoms with Crippen LogP contribution in [0, 0.1) is 0 Å². The van der Waals surface area contributed by atoms with Gasteiger partial charge in [-0.15, -0.1) is 11.3 Å². The summed E-state index contributed by atoms with van der Waals surface area (Å²) in [6.45, 7) is 6.44. The van der Waals surface area contributed by atoms with Crippen LogP contribution in [0.5, 0.6) is 0 Å². The molecular weight excluding hydrogens is 326 g/mol. The number of likely N-dealkylation sites (tertiary alicyclic amines) is 1. The summed E-state index contributed by atoms with van der Waals surface area (Å²) in [7, 11) is 0. The van der Waals surface area contributed by atoms with Crippen LogP contribution in [-0.4, -0.2) is 36.6 Å². The fraction of sp³-hybridized carbons (Fsp3) is 0.615. The summed E-state index contributed by atoms with van der Waals surface area (Å²) in [5.74, 6) is 0. The highest BCUT2D eigenvalue weighted by molar-refractivity contribution is 9.10. The summed E-state index contributed by atoms with van der Waals surface area (Å²) in [5, 5.41) is 8.56. The van der Waals surface area contributed by atoms with Crippen LogP contribution in [-0.2, 0) is 0 Å². The molecule has 6 heteroatoms. The molecule has 1 aromatic rings. The van der Waals surface area contributed by atoms with E-state index in [1.54, 1.807) is 11.3 Å². The molecule has 1 aliphatic rings. The van der Waals surface area contributed by atoms with Crippen molar-refractivity contribution < 1.29 is 4.79 Å². The Morgan fingerprint density at radius 1 is 1.68 bits per heavy atom. The molecule has 0 aromatic carbocycles. The van der Waals surface area contributed by atoms with Crippen molar-refractivity contribution in [2.24, 2.45) is 0 Å². The molecule has 106 valence electrons. The Morgan fingerprint density at radius 3 is 3.11 bits per heavy atom. The van der Waals surface area contributed by atoms with Crippen molar-refractivity contribution in [1.29, 1.82) is 0 Å². The lowest BCUT2D eigenvalue weighted by atomic mass is 10.2. The third-order valence-electron chi connectivity index (χ3n) is 3.30. The maximum atomic E-state index is 11.7. The number of carbonyl (C=O) groups excluding carboxylic acids is 1. The largest absolute Gasteiger partial charge is 0.338 e. The average molecular weight is 346 g/mol. The predicted molar refractivity (Wildman–Crippen MR) is 82.6 cm³/mol. The zero-order valence-corrected chi connectivity index (χ0v) is 13.7. The van der Waals surface area contributed by atoms with Crippen molar-refractivity contribution in [1.82, 2.24) is 15.5 Å². The molecular formula is C13H20BrN3OS. The van der Waals surface area contributed by atoms with Gasteiger partial charge in [-0.2, -0.15) is 0 Å². The SMILES string of the molecule is CCNC(=O)N1CCC(NC(C)c2cc(Br)cs2)C1. The van der Waals surface area contributed by atoms with Gasteiger partial charge in [-0.05, 0) is 42.3 Å². The van der Waals surface area contributed by atoms with Gasteiger partial charge in [0.25, 0.3) is 0 Å². The van der Waals surface area contributed by atoms with E-state index in [9.17, 15) is 4.79 Å². The number of carbonyl (C=O) groups is 1. The first-order valence-corrected chi connectivity index (χ1v) is 8.30. The molecule has 2 unspecified atom stereocenters. The highest BCUT2D eigenvalue weighted by Gasteiger charge is 2.27. The molecule has 0 aliphatic carbocycles. The highest BCUT2D eigenvalue weighted by atomic mass is 79.9. The van der Waals surface area contributed by atoms with Crippen LogP contribution in [0.2, 0.25) is 0 Å². The van der Waals surface area contributed by atoms with E-state index in [1.165, 1.54) is 4.88 Å². The van der Waals surface area contributed by atoms with E-state index in [0.29, 0.717) is 18.6 Å². The fourth-order valence-electron chi connectivity index (χ4n) is 2.33. The molecule has 1 aliphatic heterocycles. The number of hydrogen-bond acceptors (Lipinski definition) is 3. The third-order valence-corrected chi connectivity index (χ3v) is 5.18. The van der Waals surface area contributed by atoms with Gasteiger partial charge in [0.15, 0.2) is 0 Å². The summed E-state index contributed by atoms with van der Waals surface area (Å²) in [6, 6.07) is 2.92. The van der Waals surface area contributed by atoms with Gasteiger partial charge in [-0.3, -0.25) is 0 Å². The van der Waals surface area contributed by atoms with Gasteiger partial charge in [0.05, 0.1) is 0 Å². The number of thiophene rings is 1. The van der Waals surface area contributed by atoms with E-state index >= 15 is 0 Å². The number of nitrogens with one attached hydrogen (secondary N) is 2. The quantitative estimate of drug-likeness (QED) is 0.880. The monoisotopic (exact) mass is 345 g/mol. The lowest BCUT2D eigenvalue weighted by molar-refractivity contribution is 0.208. The molecule has 1 aromatic heterocycles.